The van der Waals surface area contributed by atoms with E-state index in [1.165, 1.54) is 0 Å². The minimum Gasteiger partial charge on any atom is -0.457 e. The van der Waals surface area contributed by atoms with Gasteiger partial charge in [0.15, 0.2) is 0 Å². The Labute approximate surface area is 107 Å². The molecule has 1 aromatic heterocycles. The summed E-state index contributed by atoms with van der Waals surface area (Å²) in [7, 11) is 1.71. The quantitative estimate of drug-likeness (QED) is 0.761. The van der Waals surface area contributed by atoms with Gasteiger partial charge in [-0.2, -0.15) is 0 Å². The van der Waals surface area contributed by atoms with Crippen LogP contribution in [0, 0.1) is 0 Å². The van der Waals surface area contributed by atoms with Gasteiger partial charge in [-0.05, 0) is 31.2 Å². The Morgan fingerprint density at radius 1 is 1.28 bits per heavy atom. The molecule has 0 fully saturated rings. The van der Waals surface area contributed by atoms with Gasteiger partial charge < -0.3 is 14.5 Å². The van der Waals surface area contributed by atoms with E-state index < -0.39 is 0 Å². The highest BCUT2D eigenvalue weighted by atomic mass is 16.5. The van der Waals surface area contributed by atoms with Crippen molar-refractivity contribution in [3.63, 3.8) is 0 Å². The number of methoxy groups -OCH3 is 1. The number of rotatable bonds is 7. The maximum atomic E-state index is 5.69. The van der Waals surface area contributed by atoms with Crippen LogP contribution in [0.3, 0.4) is 0 Å². The van der Waals surface area contributed by atoms with E-state index in [1.807, 2.05) is 24.3 Å². The van der Waals surface area contributed by atoms with E-state index in [-0.39, 0.29) is 0 Å². The van der Waals surface area contributed by atoms with Crippen molar-refractivity contribution in [2.45, 2.75) is 6.42 Å². The molecule has 0 saturated heterocycles. The molecule has 18 heavy (non-hydrogen) atoms. The summed E-state index contributed by atoms with van der Waals surface area (Å²) >= 11 is 0. The molecule has 0 unspecified atom stereocenters. The number of para-hydroxylation sites is 1. The summed E-state index contributed by atoms with van der Waals surface area (Å²) in [5.74, 6) is 0.910. The van der Waals surface area contributed by atoms with E-state index in [1.54, 1.807) is 7.11 Å². The van der Waals surface area contributed by atoms with Crippen molar-refractivity contribution in [3.05, 3.63) is 42.2 Å². The highest BCUT2D eigenvalue weighted by molar-refractivity contribution is 5.79. The minimum absolute atomic E-state index is 0.757. The van der Waals surface area contributed by atoms with Crippen molar-refractivity contribution < 1.29 is 9.15 Å². The third-order valence-electron chi connectivity index (χ3n) is 2.70. The van der Waals surface area contributed by atoms with Crippen LogP contribution in [-0.4, -0.2) is 26.8 Å². The first-order chi connectivity index (χ1) is 8.90. The smallest absolute Gasteiger partial charge is 0.134 e. The van der Waals surface area contributed by atoms with Crippen molar-refractivity contribution in [1.82, 2.24) is 5.32 Å². The summed E-state index contributed by atoms with van der Waals surface area (Å²) < 4.78 is 10.6. The lowest BCUT2D eigenvalue weighted by molar-refractivity contribution is 0.199. The second-order valence-corrected chi connectivity index (χ2v) is 4.12. The SMILES string of the molecule is COCCNCC/C=C/c1cc2ccccc2o1. The zero-order chi connectivity index (χ0) is 12.6. The molecule has 0 aliphatic carbocycles. The number of hydrogen-bond acceptors (Lipinski definition) is 3. The molecule has 0 radical (unpaired) electrons. The van der Waals surface area contributed by atoms with Crippen LogP contribution in [0.25, 0.3) is 17.0 Å². The molecule has 0 saturated carbocycles. The first-order valence-electron chi connectivity index (χ1n) is 6.25. The average Bonchev–Trinajstić information content (AvgIpc) is 2.80. The molecule has 2 aromatic rings. The number of nitrogens with one attached hydrogen (secondary N) is 1. The topological polar surface area (TPSA) is 34.4 Å². The van der Waals surface area contributed by atoms with Crippen LogP contribution in [0.2, 0.25) is 0 Å². The lowest BCUT2D eigenvalue weighted by Crippen LogP contribution is -2.19. The molecule has 0 aliphatic heterocycles. The number of hydrogen-bond donors (Lipinski definition) is 1. The summed E-state index contributed by atoms with van der Waals surface area (Å²) in [6, 6.07) is 10.1. The zero-order valence-corrected chi connectivity index (χ0v) is 10.7. The van der Waals surface area contributed by atoms with Gasteiger partial charge in [-0.25, -0.2) is 0 Å². The van der Waals surface area contributed by atoms with Gasteiger partial charge in [-0.1, -0.05) is 24.3 Å². The molecule has 1 N–H and O–H groups in total. The molecule has 96 valence electrons. The number of ether oxygens (including phenoxy) is 1. The van der Waals surface area contributed by atoms with Gasteiger partial charge >= 0.3 is 0 Å². The van der Waals surface area contributed by atoms with Gasteiger partial charge in [-0.3, -0.25) is 0 Å². The van der Waals surface area contributed by atoms with Gasteiger partial charge in [-0.15, -0.1) is 0 Å². The maximum Gasteiger partial charge on any atom is 0.134 e. The molecular formula is C15H19NO2. The largest absolute Gasteiger partial charge is 0.457 e. The molecule has 0 aliphatic rings. The summed E-state index contributed by atoms with van der Waals surface area (Å²) in [5.41, 5.74) is 0.940. The minimum atomic E-state index is 0.757. The average molecular weight is 245 g/mol. The second-order valence-electron chi connectivity index (χ2n) is 4.12. The third-order valence-corrected chi connectivity index (χ3v) is 2.70. The lowest BCUT2D eigenvalue weighted by Gasteiger charge is -2.00. The van der Waals surface area contributed by atoms with Gasteiger partial charge in [0.05, 0.1) is 6.61 Å². The monoisotopic (exact) mass is 245 g/mol. The van der Waals surface area contributed by atoms with Crippen molar-refractivity contribution in [2.75, 3.05) is 26.8 Å². The van der Waals surface area contributed by atoms with E-state index in [0.717, 1.165) is 42.8 Å². The van der Waals surface area contributed by atoms with Gasteiger partial charge in [0.1, 0.15) is 11.3 Å². The molecular weight excluding hydrogens is 226 g/mol. The Balaban J connectivity index is 1.78. The summed E-state index contributed by atoms with van der Waals surface area (Å²) in [6.07, 6.45) is 5.14. The molecule has 0 bridgehead atoms. The Morgan fingerprint density at radius 3 is 3.00 bits per heavy atom. The van der Waals surface area contributed by atoms with E-state index in [9.17, 15) is 0 Å². The lowest BCUT2D eigenvalue weighted by atomic mass is 10.2. The van der Waals surface area contributed by atoms with Crippen molar-refractivity contribution in [3.8, 4) is 0 Å². The number of furan rings is 1. The van der Waals surface area contributed by atoms with Gasteiger partial charge in [0, 0.05) is 19.0 Å². The number of fused-ring (bicyclic) bond motifs is 1. The Bertz CT molecular complexity index is 469. The van der Waals surface area contributed by atoms with Gasteiger partial charge in [0.25, 0.3) is 0 Å². The second kappa shape index (κ2) is 6.99. The van der Waals surface area contributed by atoms with E-state index in [2.05, 4.69) is 23.5 Å². The fraction of sp³-hybridized carbons (Fsp3) is 0.333. The Morgan fingerprint density at radius 2 is 2.17 bits per heavy atom. The molecule has 1 heterocycles. The normalized spacial score (nSPS) is 11.6. The summed E-state index contributed by atoms with van der Waals surface area (Å²) in [5, 5.41) is 4.44. The highest BCUT2D eigenvalue weighted by Gasteiger charge is 1.98. The maximum absolute atomic E-state index is 5.69. The predicted molar refractivity (Wildman–Crippen MR) is 74.6 cm³/mol. The molecule has 0 atom stereocenters. The Kier molecular flexibility index (Phi) is 5.00. The number of benzene rings is 1. The predicted octanol–water partition coefficient (Wildman–Crippen LogP) is 3.07. The van der Waals surface area contributed by atoms with Crippen molar-refractivity contribution >= 4 is 17.0 Å². The van der Waals surface area contributed by atoms with Crippen LogP contribution < -0.4 is 5.32 Å². The van der Waals surface area contributed by atoms with E-state index in [0.29, 0.717) is 0 Å². The fourth-order valence-corrected chi connectivity index (χ4v) is 1.77. The van der Waals surface area contributed by atoms with Crippen LogP contribution >= 0.6 is 0 Å². The molecule has 3 heteroatoms. The summed E-state index contributed by atoms with van der Waals surface area (Å²) in [4.78, 5) is 0. The first kappa shape index (κ1) is 12.9. The molecule has 3 nitrogen and oxygen atoms in total. The van der Waals surface area contributed by atoms with Crippen molar-refractivity contribution in [1.29, 1.82) is 0 Å². The zero-order valence-electron chi connectivity index (χ0n) is 10.7. The van der Waals surface area contributed by atoms with Crippen LogP contribution in [0.1, 0.15) is 12.2 Å². The van der Waals surface area contributed by atoms with Crippen LogP contribution in [0.15, 0.2) is 40.8 Å². The molecule has 2 rings (SSSR count). The molecule has 0 amide bonds. The van der Waals surface area contributed by atoms with E-state index >= 15 is 0 Å². The standard InChI is InChI=1S/C15H19NO2/c1-17-11-10-16-9-5-4-7-14-12-13-6-2-3-8-15(13)18-14/h2-4,6-8,12,16H,5,9-11H2,1H3/b7-4+. The van der Waals surface area contributed by atoms with Crippen LogP contribution in [0.5, 0.6) is 0 Å². The third kappa shape index (κ3) is 3.72. The highest BCUT2D eigenvalue weighted by Crippen LogP contribution is 2.19. The molecule has 1 aromatic carbocycles. The molecule has 0 spiro atoms. The Hall–Kier alpha value is -1.58. The summed E-state index contributed by atoms with van der Waals surface area (Å²) in [6.45, 7) is 2.61. The van der Waals surface area contributed by atoms with Crippen molar-refractivity contribution in [2.24, 2.45) is 0 Å². The van der Waals surface area contributed by atoms with Gasteiger partial charge in [0.2, 0.25) is 0 Å². The van der Waals surface area contributed by atoms with Crippen LogP contribution in [0.4, 0.5) is 0 Å². The first-order valence-corrected chi connectivity index (χ1v) is 6.25. The van der Waals surface area contributed by atoms with E-state index in [4.69, 9.17) is 9.15 Å². The van der Waals surface area contributed by atoms with Crippen LogP contribution in [-0.2, 0) is 4.74 Å². The fourth-order valence-electron chi connectivity index (χ4n) is 1.77.